The maximum atomic E-state index is 12.1. The number of hydrogen-bond donors (Lipinski definition) is 1. The summed E-state index contributed by atoms with van der Waals surface area (Å²) < 4.78 is 36.2. The van der Waals surface area contributed by atoms with Crippen molar-refractivity contribution in [2.75, 3.05) is 20.1 Å². The fourth-order valence-electron chi connectivity index (χ4n) is 1.39. The van der Waals surface area contributed by atoms with E-state index in [9.17, 15) is 22.8 Å². The summed E-state index contributed by atoms with van der Waals surface area (Å²) in [5.74, 6) is -1.20. The number of carbonyl (C=O) groups is 2. The number of halogens is 3. The lowest BCUT2D eigenvalue weighted by atomic mass is 10.2. The highest BCUT2D eigenvalue weighted by molar-refractivity contribution is 5.80. The second-order valence-electron chi connectivity index (χ2n) is 4.35. The summed E-state index contributed by atoms with van der Waals surface area (Å²) in [4.78, 5) is 24.5. The van der Waals surface area contributed by atoms with Crippen molar-refractivity contribution in [1.29, 1.82) is 0 Å². The first-order chi connectivity index (χ1) is 8.58. The molecule has 0 radical (unpaired) electrons. The second kappa shape index (κ2) is 7.20. The number of alkyl halides is 3. The summed E-state index contributed by atoms with van der Waals surface area (Å²) in [6.45, 7) is 2.40. The molecule has 0 aliphatic heterocycles. The first-order valence-corrected chi connectivity index (χ1v) is 5.88. The average molecular weight is 284 g/mol. The highest BCUT2D eigenvalue weighted by Crippen LogP contribution is 2.20. The SMILES string of the molecule is CCC(C)N(CC(=O)O)C(=O)N(C)CCC(F)(F)F. The Bertz CT molecular complexity index is 321. The van der Waals surface area contributed by atoms with Gasteiger partial charge in [0.25, 0.3) is 0 Å². The highest BCUT2D eigenvalue weighted by Gasteiger charge is 2.30. The van der Waals surface area contributed by atoms with Crippen LogP contribution in [0.4, 0.5) is 18.0 Å². The molecule has 1 unspecified atom stereocenters. The van der Waals surface area contributed by atoms with Crippen LogP contribution in [0, 0.1) is 0 Å². The van der Waals surface area contributed by atoms with Crippen molar-refractivity contribution < 1.29 is 27.9 Å². The maximum absolute atomic E-state index is 12.1. The van der Waals surface area contributed by atoms with Crippen molar-refractivity contribution in [3.05, 3.63) is 0 Å². The number of amides is 2. The fourth-order valence-corrected chi connectivity index (χ4v) is 1.39. The van der Waals surface area contributed by atoms with Crippen molar-refractivity contribution >= 4 is 12.0 Å². The number of carboxylic acid groups (broad SMARTS) is 1. The number of carboxylic acids is 1. The Hall–Kier alpha value is -1.47. The molecule has 0 aliphatic rings. The van der Waals surface area contributed by atoms with E-state index in [4.69, 9.17) is 5.11 Å². The van der Waals surface area contributed by atoms with Gasteiger partial charge in [-0.25, -0.2) is 4.79 Å². The third-order valence-electron chi connectivity index (χ3n) is 2.73. The molecule has 0 saturated heterocycles. The number of aliphatic carboxylic acids is 1. The standard InChI is InChI=1S/C11H19F3N2O3/c1-4-8(2)16(7-9(17)18)10(19)15(3)6-5-11(12,13)14/h8H,4-7H2,1-3H3,(H,17,18). The molecule has 0 fully saturated rings. The lowest BCUT2D eigenvalue weighted by Crippen LogP contribution is -2.48. The number of hydrogen-bond acceptors (Lipinski definition) is 2. The molecule has 0 heterocycles. The Kier molecular flexibility index (Phi) is 6.64. The summed E-state index contributed by atoms with van der Waals surface area (Å²) in [5.41, 5.74) is 0. The molecule has 0 aliphatic carbocycles. The lowest BCUT2D eigenvalue weighted by molar-refractivity contribution is -0.139. The zero-order chi connectivity index (χ0) is 15.2. The van der Waals surface area contributed by atoms with Crippen molar-refractivity contribution in [3.8, 4) is 0 Å². The molecule has 0 bridgehead atoms. The monoisotopic (exact) mass is 284 g/mol. The minimum atomic E-state index is -4.34. The van der Waals surface area contributed by atoms with Crippen LogP contribution in [0.3, 0.4) is 0 Å². The number of nitrogens with zero attached hydrogens (tertiary/aromatic N) is 2. The van der Waals surface area contributed by atoms with Crippen molar-refractivity contribution in [2.45, 2.75) is 38.9 Å². The summed E-state index contributed by atoms with van der Waals surface area (Å²) in [7, 11) is 1.23. The van der Waals surface area contributed by atoms with Gasteiger partial charge in [-0.1, -0.05) is 6.92 Å². The van der Waals surface area contributed by atoms with Crippen LogP contribution in [0.1, 0.15) is 26.7 Å². The quantitative estimate of drug-likeness (QED) is 0.813. The third-order valence-corrected chi connectivity index (χ3v) is 2.73. The van der Waals surface area contributed by atoms with E-state index in [-0.39, 0.29) is 6.04 Å². The molecule has 19 heavy (non-hydrogen) atoms. The van der Waals surface area contributed by atoms with Crippen molar-refractivity contribution in [2.24, 2.45) is 0 Å². The molecule has 1 N–H and O–H groups in total. The highest BCUT2D eigenvalue weighted by atomic mass is 19.4. The Morgan fingerprint density at radius 1 is 1.32 bits per heavy atom. The average Bonchev–Trinajstić information content (AvgIpc) is 2.29. The fraction of sp³-hybridized carbons (Fsp3) is 0.818. The van der Waals surface area contributed by atoms with Crippen LogP contribution in [-0.2, 0) is 4.79 Å². The van der Waals surface area contributed by atoms with Gasteiger partial charge < -0.3 is 14.9 Å². The van der Waals surface area contributed by atoms with Crippen LogP contribution in [0.25, 0.3) is 0 Å². The van der Waals surface area contributed by atoms with E-state index in [0.29, 0.717) is 6.42 Å². The van der Waals surface area contributed by atoms with Gasteiger partial charge in [-0.15, -0.1) is 0 Å². The lowest BCUT2D eigenvalue weighted by Gasteiger charge is -2.31. The number of rotatable bonds is 6. The molecule has 1 atom stereocenters. The number of carbonyl (C=O) groups excluding carboxylic acids is 1. The zero-order valence-electron chi connectivity index (χ0n) is 11.2. The molecule has 0 saturated carbocycles. The summed E-state index contributed by atoms with van der Waals surface area (Å²) in [6.07, 6.45) is -4.94. The van der Waals surface area contributed by atoms with Crippen molar-refractivity contribution in [3.63, 3.8) is 0 Å². The Labute approximate surface area is 110 Å². The van der Waals surface area contributed by atoms with E-state index in [1.807, 2.05) is 0 Å². The second-order valence-corrected chi connectivity index (χ2v) is 4.35. The predicted octanol–water partition coefficient (Wildman–Crippen LogP) is 2.18. The topological polar surface area (TPSA) is 60.9 Å². The van der Waals surface area contributed by atoms with Gasteiger partial charge in [0.1, 0.15) is 6.54 Å². The summed E-state index contributed by atoms with van der Waals surface area (Å²) >= 11 is 0. The van der Waals surface area contributed by atoms with Crippen LogP contribution in [0.2, 0.25) is 0 Å². The van der Waals surface area contributed by atoms with E-state index in [2.05, 4.69) is 0 Å². The van der Waals surface area contributed by atoms with Crippen LogP contribution in [-0.4, -0.2) is 59.3 Å². The van der Waals surface area contributed by atoms with Gasteiger partial charge in [0.2, 0.25) is 0 Å². The predicted molar refractivity (Wildman–Crippen MR) is 62.8 cm³/mol. The molecular formula is C11H19F3N2O3. The first kappa shape index (κ1) is 17.5. The molecule has 0 aromatic rings. The van der Waals surface area contributed by atoms with Gasteiger partial charge in [-0.3, -0.25) is 4.79 Å². The molecule has 0 aromatic carbocycles. The third kappa shape index (κ3) is 6.88. The van der Waals surface area contributed by atoms with Crippen LogP contribution < -0.4 is 0 Å². The Morgan fingerprint density at radius 2 is 1.84 bits per heavy atom. The van der Waals surface area contributed by atoms with Gasteiger partial charge >= 0.3 is 18.2 Å². The van der Waals surface area contributed by atoms with Gasteiger partial charge in [-0.05, 0) is 13.3 Å². The van der Waals surface area contributed by atoms with Gasteiger partial charge in [-0.2, -0.15) is 13.2 Å². The largest absolute Gasteiger partial charge is 0.480 e. The minimum Gasteiger partial charge on any atom is -0.480 e. The van der Waals surface area contributed by atoms with Crippen LogP contribution in [0.5, 0.6) is 0 Å². The van der Waals surface area contributed by atoms with Crippen molar-refractivity contribution in [1.82, 2.24) is 9.80 Å². The smallest absolute Gasteiger partial charge is 0.390 e. The van der Waals surface area contributed by atoms with E-state index >= 15 is 0 Å². The van der Waals surface area contributed by atoms with Gasteiger partial charge in [0.05, 0.1) is 6.42 Å². The number of urea groups is 1. The molecule has 0 aromatic heterocycles. The summed E-state index contributed by atoms with van der Waals surface area (Å²) in [5, 5.41) is 8.73. The minimum absolute atomic E-state index is 0.350. The molecule has 112 valence electrons. The normalized spacial score (nSPS) is 12.9. The molecule has 8 heteroatoms. The maximum Gasteiger partial charge on any atom is 0.390 e. The Balaban J connectivity index is 4.65. The van der Waals surface area contributed by atoms with E-state index in [1.54, 1.807) is 13.8 Å². The molecule has 0 spiro atoms. The van der Waals surface area contributed by atoms with Gasteiger partial charge in [0.15, 0.2) is 0 Å². The Morgan fingerprint density at radius 3 is 2.21 bits per heavy atom. The van der Waals surface area contributed by atoms with Gasteiger partial charge in [0, 0.05) is 19.6 Å². The molecule has 2 amide bonds. The molecule has 0 rings (SSSR count). The van der Waals surface area contributed by atoms with E-state index in [1.165, 1.54) is 7.05 Å². The first-order valence-electron chi connectivity index (χ1n) is 5.88. The summed E-state index contributed by atoms with van der Waals surface area (Å²) in [6, 6.07) is -1.06. The molecule has 5 nitrogen and oxygen atoms in total. The molecular weight excluding hydrogens is 265 g/mol. The van der Waals surface area contributed by atoms with E-state index < -0.39 is 37.7 Å². The zero-order valence-corrected chi connectivity index (χ0v) is 11.2. The van der Waals surface area contributed by atoms with E-state index in [0.717, 1.165) is 9.80 Å². The van der Waals surface area contributed by atoms with Crippen LogP contribution in [0.15, 0.2) is 0 Å². The van der Waals surface area contributed by atoms with Crippen LogP contribution >= 0.6 is 0 Å².